The number of carbonyl (C=O) groups is 1. The summed E-state index contributed by atoms with van der Waals surface area (Å²) in [6.45, 7) is 4.55. The molecule has 0 aliphatic carbocycles. The third kappa shape index (κ3) is 2.85. The number of phenols is 1. The number of benzene rings is 1. The van der Waals surface area contributed by atoms with Gasteiger partial charge in [-0.15, -0.1) is 0 Å². The maximum absolute atomic E-state index is 12.0. The minimum Gasteiger partial charge on any atom is -0.507 e. The number of aryl methyl sites for hydroxylation is 2. The molecule has 1 N–H and O–H groups in total. The minimum atomic E-state index is -0.0968. The fourth-order valence-electron chi connectivity index (χ4n) is 2.40. The molecule has 1 aromatic carbocycles. The van der Waals surface area contributed by atoms with Crippen LogP contribution < -0.4 is 0 Å². The monoisotopic (exact) mass is 275 g/mol. The number of hydrogen-bond acceptors (Lipinski definition) is 3. The van der Waals surface area contributed by atoms with E-state index in [1.54, 1.807) is 7.05 Å². The highest BCUT2D eigenvalue weighted by atomic mass is 16.7. The lowest BCUT2D eigenvalue weighted by atomic mass is 9.98. The second-order valence-electron chi connectivity index (χ2n) is 4.95. The Morgan fingerprint density at radius 3 is 2.45 bits per heavy atom. The number of hydrogen-bond donors (Lipinski definition) is 1. The number of aromatic hydroxyl groups is 1. The maximum Gasteiger partial charge on any atom is 0.273 e. The Balaban J connectivity index is 2.40. The molecule has 0 spiro atoms. The third-order valence-corrected chi connectivity index (χ3v) is 3.61. The van der Waals surface area contributed by atoms with Gasteiger partial charge in [0.2, 0.25) is 0 Å². The predicted octanol–water partition coefficient (Wildman–Crippen LogP) is 2.69. The quantitative estimate of drug-likeness (QED) is 0.863. The van der Waals surface area contributed by atoms with Gasteiger partial charge >= 0.3 is 0 Å². The van der Waals surface area contributed by atoms with Crippen LogP contribution in [0.4, 0.5) is 0 Å². The molecule has 0 atom stereocenters. The van der Waals surface area contributed by atoms with E-state index >= 15 is 0 Å². The van der Waals surface area contributed by atoms with E-state index in [0.717, 1.165) is 35.1 Å². The molecule has 0 aromatic heterocycles. The summed E-state index contributed by atoms with van der Waals surface area (Å²) < 4.78 is 0. The van der Waals surface area contributed by atoms with Crippen molar-refractivity contribution in [3.63, 3.8) is 0 Å². The van der Waals surface area contributed by atoms with Crippen LogP contribution in [0.25, 0.3) is 6.08 Å². The lowest BCUT2D eigenvalue weighted by Gasteiger charge is -2.23. The Labute approximate surface area is 119 Å². The largest absolute Gasteiger partial charge is 0.507 e. The first-order chi connectivity index (χ1) is 9.56. The molecule has 1 aromatic rings. The third-order valence-electron chi connectivity index (χ3n) is 3.61. The smallest absolute Gasteiger partial charge is 0.273 e. The zero-order chi connectivity index (χ0) is 14.7. The van der Waals surface area contributed by atoms with Crippen molar-refractivity contribution in [1.82, 2.24) is 5.06 Å². The Bertz CT molecular complexity index is 524. The van der Waals surface area contributed by atoms with E-state index in [4.69, 9.17) is 4.84 Å². The van der Waals surface area contributed by atoms with E-state index in [-0.39, 0.29) is 5.91 Å². The average molecular weight is 275 g/mol. The second-order valence-corrected chi connectivity index (χ2v) is 4.95. The zero-order valence-corrected chi connectivity index (χ0v) is 12.3. The Hall–Kier alpha value is -1.81. The first kappa shape index (κ1) is 14.6. The summed E-state index contributed by atoms with van der Waals surface area (Å²) in [5.41, 5.74) is 3.55. The van der Waals surface area contributed by atoms with Crippen LogP contribution in [0.2, 0.25) is 0 Å². The molecule has 0 saturated carbocycles. The van der Waals surface area contributed by atoms with Gasteiger partial charge in [0.25, 0.3) is 5.91 Å². The Kier molecular flexibility index (Phi) is 4.45. The molecule has 1 saturated heterocycles. The van der Waals surface area contributed by atoms with Crippen molar-refractivity contribution >= 4 is 12.0 Å². The van der Waals surface area contributed by atoms with Gasteiger partial charge in [-0.05, 0) is 47.7 Å². The number of phenolic OH excluding ortho intramolecular Hbond substituents is 1. The van der Waals surface area contributed by atoms with Crippen LogP contribution in [-0.2, 0) is 22.5 Å². The molecule has 0 radical (unpaired) electrons. The molecule has 0 unspecified atom stereocenters. The Morgan fingerprint density at radius 1 is 1.30 bits per heavy atom. The fraction of sp³-hybridized carbons (Fsp3) is 0.438. The highest BCUT2D eigenvalue weighted by Gasteiger charge is 2.21. The Morgan fingerprint density at radius 2 is 1.90 bits per heavy atom. The topological polar surface area (TPSA) is 49.8 Å². The highest BCUT2D eigenvalue weighted by Crippen LogP contribution is 2.27. The van der Waals surface area contributed by atoms with Crippen molar-refractivity contribution in [2.75, 3.05) is 13.7 Å². The first-order valence-electron chi connectivity index (χ1n) is 7.03. The number of amides is 1. The van der Waals surface area contributed by atoms with Crippen molar-refractivity contribution in [1.29, 1.82) is 0 Å². The van der Waals surface area contributed by atoms with Gasteiger partial charge in [0.15, 0.2) is 0 Å². The lowest BCUT2D eigenvalue weighted by Crippen LogP contribution is -2.33. The van der Waals surface area contributed by atoms with Crippen LogP contribution in [0.5, 0.6) is 5.75 Å². The molecular weight excluding hydrogens is 254 g/mol. The lowest BCUT2D eigenvalue weighted by molar-refractivity contribution is -0.180. The number of carbonyl (C=O) groups excluding carboxylic acids is 1. The van der Waals surface area contributed by atoms with E-state index in [0.29, 0.717) is 18.8 Å². The van der Waals surface area contributed by atoms with Gasteiger partial charge in [0.05, 0.1) is 6.61 Å². The number of hydroxylamine groups is 2. The number of nitrogens with zero attached hydrogens (tertiary/aromatic N) is 1. The summed E-state index contributed by atoms with van der Waals surface area (Å²) in [6.07, 6.45) is 4.06. The number of likely N-dealkylation sites (N-methyl/N-ethyl adjacent to an activating group) is 1. The molecule has 4 heteroatoms. The summed E-state index contributed by atoms with van der Waals surface area (Å²) in [7, 11) is 1.63. The van der Waals surface area contributed by atoms with Gasteiger partial charge in [-0.1, -0.05) is 13.8 Å². The second kappa shape index (κ2) is 6.09. The SMILES string of the molecule is CCc1cc(C=C2CCON(C)C2=O)cc(CC)c1O. The average Bonchev–Trinajstić information content (AvgIpc) is 2.45. The molecule has 108 valence electrons. The molecule has 1 fully saturated rings. The summed E-state index contributed by atoms with van der Waals surface area (Å²) in [5.74, 6) is 0.285. The predicted molar refractivity (Wildman–Crippen MR) is 78.2 cm³/mol. The molecule has 20 heavy (non-hydrogen) atoms. The van der Waals surface area contributed by atoms with Crippen LogP contribution >= 0.6 is 0 Å². The van der Waals surface area contributed by atoms with Crippen molar-refractivity contribution in [3.8, 4) is 5.75 Å². The van der Waals surface area contributed by atoms with Crippen molar-refractivity contribution in [2.45, 2.75) is 33.1 Å². The maximum atomic E-state index is 12.0. The van der Waals surface area contributed by atoms with Gasteiger partial charge in [-0.2, -0.15) is 0 Å². The molecule has 1 aliphatic heterocycles. The van der Waals surface area contributed by atoms with Gasteiger partial charge in [-0.3, -0.25) is 9.63 Å². The minimum absolute atomic E-state index is 0.0968. The van der Waals surface area contributed by atoms with E-state index in [1.165, 1.54) is 5.06 Å². The van der Waals surface area contributed by atoms with E-state index in [2.05, 4.69) is 0 Å². The zero-order valence-electron chi connectivity index (χ0n) is 12.3. The molecule has 2 rings (SSSR count). The van der Waals surface area contributed by atoms with Crippen LogP contribution in [-0.4, -0.2) is 29.7 Å². The molecule has 1 aliphatic rings. The molecule has 0 bridgehead atoms. The molecule has 1 heterocycles. The standard InChI is InChI=1S/C16H21NO3/c1-4-12-8-11(9-13(5-2)15(12)18)10-14-6-7-20-17(3)16(14)19/h8-10,18H,4-7H2,1-3H3. The van der Waals surface area contributed by atoms with Gasteiger partial charge < -0.3 is 5.11 Å². The van der Waals surface area contributed by atoms with Gasteiger partial charge in [0.1, 0.15) is 5.75 Å². The van der Waals surface area contributed by atoms with Crippen LogP contribution in [0.3, 0.4) is 0 Å². The van der Waals surface area contributed by atoms with E-state index in [1.807, 2.05) is 32.1 Å². The van der Waals surface area contributed by atoms with Crippen LogP contribution in [0, 0.1) is 0 Å². The highest BCUT2D eigenvalue weighted by molar-refractivity contribution is 5.97. The normalized spacial score (nSPS) is 17.9. The first-order valence-corrected chi connectivity index (χ1v) is 7.03. The fourth-order valence-corrected chi connectivity index (χ4v) is 2.40. The van der Waals surface area contributed by atoms with Crippen LogP contribution in [0.1, 0.15) is 37.0 Å². The molecule has 1 amide bonds. The molecule has 4 nitrogen and oxygen atoms in total. The van der Waals surface area contributed by atoms with E-state index < -0.39 is 0 Å². The summed E-state index contributed by atoms with van der Waals surface area (Å²) in [5, 5.41) is 11.4. The van der Waals surface area contributed by atoms with Crippen LogP contribution in [0.15, 0.2) is 17.7 Å². The number of rotatable bonds is 3. The van der Waals surface area contributed by atoms with Gasteiger partial charge in [0, 0.05) is 19.0 Å². The summed E-state index contributed by atoms with van der Waals surface area (Å²) >= 11 is 0. The van der Waals surface area contributed by atoms with E-state index in [9.17, 15) is 9.90 Å². The van der Waals surface area contributed by atoms with Crippen molar-refractivity contribution in [2.24, 2.45) is 0 Å². The van der Waals surface area contributed by atoms with Crippen molar-refractivity contribution in [3.05, 3.63) is 34.4 Å². The van der Waals surface area contributed by atoms with Crippen molar-refractivity contribution < 1.29 is 14.7 Å². The van der Waals surface area contributed by atoms with Gasteiger partial charge in [-0.25, -0.2) is 5.06 Å². The summed E-state index contributed by atoms with van der Waals surface area (Å²) in [4.78, 5) is 17.2. The summed E-state index contributed by atoms with van der Waals surface area (Å²) in [6, 6.07) is 3.90. The molecular formula is C16H21NO3.